The second kappa shape index (κ2) is 4.45. The summed E-state index contributed by atoms with van der Waals surface area (Å²) in [6.45, 7) is 1.06. The molecule has 1 amide bonds. The number of nitrogens with one attached hydrogen (secondary N) is 1. The molecule has 1 aliphatic rings. The van der Waals surface area contributed by atoms with Gasteiger partial charge in [0.15, 0.2) is 0 Å². The highest BCUT2D eigenvalue weighted by Gasteiger charge is 2.15. The van der Waals surface area contributed by atoms with E-state index in [9.17, 15) is 4.79 Å². The number of hydrogen-bond donors (Lipinski definition) is 2. The monoisotopic (exact) mass is 204 g/mol. The molecule has 3 nitrogen and oxygen atoms in total. The van der Waals surface area contributed by atoms with E-state index >= 15 is 0 Å². The number of carbonyl (C=O) groups excluding carboxylic acids is 1. The van der Waals surface area contributed by atoms with Crippen molar-refractivity contribution in [3.63, 3.8) is 0 Å². The van der Waals surface area contributed by atoms with E-state index in [1.807, 2.05) is 12.1 Å². The third kappa shape index (κ3) is 2.36. The summed E-state index contributed by atoms with van der Waals surface area (Å²) in [5.41, 5.74) is 7.02. The predicted octanol–water partition coefficient (Wildman–Crippen LogP) is 1.60. The van der Waals surface area contributed by atoms with E-state index in [4.69, 9.17) is 5.73 Å². The van der Waals surface area contributed by atoms with Gasteiger partial charge in [-0.05, 0) is 37.1 Å². The van der Waals surface area contributed by atoms with Crippen molar-refractivity contribution in [1.29, 1.82) is 0 Å². The molecule has 0 bridgehead atoms. The van der Waals surface area contributed by atoms with Crippen LogP contribution in [-0.4, -0.2) is 12.5 Å². The Balaban J connectivity index is 2.19. The lowest BCUT2D eigenvalue weighted by Crippen LogP contribution is -2.27. The normalized spacial score (nSPS) is 21.2. The van der Waals surface area contributed by atoms with E-state index in [0.29, 0.717) is 11.6 Å². The topological polar surface area (TPSA) is 55.1 Å². The van der Waals surface area contributed by atoms with Crippen LogP contribution in [0.3, 0.4) is 0 Å². The van der Waals surface area contributed by atoms with Gasteiger partial charge in [-0.2, -0.15) is 0 Å². The average Bonchev–Trinajstić information content (AvgIpc) is 2.30. The number of nitrogens with two attached hydrogens (primary N) is 1. The van der Waals surface area contributed by atoms with Crippen LogP contribution in [-0.2, 0) is 0 Å². The van der Waals surface area contributed by atoms with Crippen LogP contribution in [0.5, 0.6) is 0 Å². The molecule has 1 aromatic carbocycles. The third-order valence-corrected chi connectivity index (χ3v) is 2.88. The van der Waals surface area contributed by atoms with Gasteiger partial charge in [0.2, 0.25) is 5.91 Å². The van der Waals surface area contributed by atoms with E-state index < -0.39 is 0 Å². The Morgan fingerprint density at radius 3 is 2.93 bits per heavy atom. The van der Waals surface area contributed by atoms with Crippen molar-refractivity contribution in [2.45, 2.75) is 25.3 Å². The number of rotatable bonds is 2. The highest BCUT2D eigenvalue weighted by atomic mass is 16.1. The number of hydrogen-bond acceptors (Lipinski definition) is 2. The number of benzene rings is 1. The van der Waals surface area contributed by atoms with E-state index in [2.05, 4.69) is 11.4 Å². The van der Waals surface area contributed by atoms with Crippen molar-refractivity contribution < 1.29 is 4.79 Å². The SMILES string of the molecule is NC(=O)c1cccc(C2CCCCN2)c1. The number of amides is 1. The first kappa shape index (κ1) is 10.2. The number of carbonyl (C=O) groups is 1. The molecule has 0 aromatic heterocycles. The Kier molecular flexibility index (Phi) is 3.02. The van der Waals surface area contributed by atoms with Crippen LogP contribution < -0.4 is 11.1 Å². The van der Waals surface area contributed by atoms with Crippen LogP contribution in [0.2, 0.25) is 0 Å². The van der Waals surface area contributed by atoms with Gasteiger partial charge in [-0.25, -0.2) is 0 Å². The van der Waals surface area contributed by atoms with E-state index in [-0.39, 0.29) is 5.91 Å². The number of piperidine rings is 1. The highest BCUT2D eigenvalue weighted by Crippen LogP contribution is 2.23. The fourth-order valence-corrected chi connectivity index (χ4v) is 2.05. The van der Waals surface area contributed by atoms with Gasteiger partial charge in [0.05, 0.1) is 0 Å². The lowest BCUT2D eigenvalue weighted by molar-refractivity contribution is 0.1000. The molecule has 80 valence electrons. The zero-order valence-electron chi connectivity index (χ0n) is 8.70. The maximum atomic E-state index is 11.0. The fourth-order valence-electron chi connectivity index (χ4n) is 2.05. The Bertz CT molecular complexity index is 356. The van der Waals surface area contributed by atoms with E-state index in [1.54, 1.807) is 6.07 Å². The zero-order valence-corrected chi connectivity index (χ0v) is 8.70. The van der Waals surface area contributed by atoms with Gasteiger partial charge in [0, 0.05) is 11.6 Å². The van der Waals surface area contributed by atoms with Crippen molar-refractivity contribution in [1.82, 2.24) is 5.32 Å². The first-order valence-corrected chi connectivity index (χ1v) is 5.40. The molecule has 1 atom stereocenters. The molecule has 15 heavy (non-hydrogen) atoms. The first-order valence-electron chi connectivity index (χ1n) is 5.40. The summed E-state index contributed by atoms with van der Waals surface area (Å²) in [5.74, 6) is -0.354. The van der Waals surface area contributed by atoms with Crippen LogP contribution in [0.15, 0.2) is 24.3 Å². The minimum atomic E-state index is -0.354. The quantitative estimate of drug-likeness (QED) is 0.768. The van der Waals surface area contributed by atoms with Crippen molar-refractivity contribution in [3.8, 4) is 0 Å². The van der Waals surface area contributed by atoms with Gasteiger partial charge in [-0.1, -0.05) is 18.6 Å². The summed E-state index contributed by atoms with van der Waals surface area (Å²) in [5, 5.41) is 3.45. The van der Waals surface area contributed by atoms with Crippen LogP contribution >= 0.6 is 0 Å². The second-order valence-electron chi connectivity index (χ2n) is 3.99. The summed E-state index contributed by atoms with van der Waals surface area (Å²) in [6.07, 6.45) is 3.63. The zero-order chi connectivity index (χ0) is 10.7. The molecule has 1 saturated heterocycles. The van der Waals surface area contributed by atoms with Gasteiger partial charge in [0.1, 0.15) is 0 Å². The summed E-state index contributed by atoms with van der Waals surface area (Å²) >= 11 is 0. The standard InChI is InChI=1S/C12H16N2O/c13-12(15)10-5-3-4-9(8-10)11-6-1-2-7-14-11/h3-5,8,11,14H,1-2,6-7H2,(H2,13,15). The van der Waals surface area contributed by atoms with Gasteiger partial charge >= 0.3 is 0 Å². The van der Waals surface area contributed by atoms with Gasteiger partial charge < -0.3 is 11.1 Å². The Hall–Kier alpha value is -1.35. The summed E-state index contributed by atoms with van der Waals surface area (Å²) in [7, 11) is 0. The first-order chi connectivity index (χ1) is 7.27. The summed E-state index contributed by atoms with van der Waals surface area (Å²) in [4.78, 5) is 11.0. The van der Waals surface area contributed by atoms with Crippen molar-refractivity contribution in [3.05, 3.63) is 35.4 Å². The van der Waals surface area contributed by atoms with Crippen molar-refractivity contribution in [2.24, 2.45) is 5.73 Å². The Labute approximate surface area is 89.7 Å². The number of primary amides is 1. The van der Waals surface area contributed by atoms with Gasteiger partial charge in [-0.3, -0.25) is 4.79 Å². The van der Waals surface area contributed by atoms with Gasteiger partial charge in [-0.15, -0.1) is 0 Å². The van der Waals surface area contributed by atoms with Crippen LogP contribution in [0.25, 0.3) is 0 Å². The summed E-state index contributed by atoms with van der Waals surface area (Å²) < 4.78 is 0. The molecular weight excluding hydrogens is 188 g/mol. The molecule has 0 spiro atoms. The highest BCUT2D eigenvalue weighted by molar-refractivity contribution is 5.92. The Morgan fingerprint density at radius 1 is 1.40 bits per heavy atom. The molecule has 1 aromatic rings. The summed E-state index contributed by atoms with van der Waals surface area (Å²) in [6, 6.07) is 7.99. The average molecular weight is 204 g/mol. The molecule has 1 unspecified atom stereocenters. The molecule has 3 heteroatoms. The maximum absolute atomic E-state index is 11.0. The minimum absolute atomic E-state index is 0.354. The van der Waals surface area contributed by atoms with Gasteiger partial charge in [0.25, 0.3) is 0 Å². The molecule has 2 rings (SSSR count). The fraction of sp³-hybridized carbons (Fsp3) is 0.417. The second-order valence-corrected chi connectivity index (χ2v) is 3.99. The molecule has 1 aliphatic heterocycles. The lowest BCUT2D eigenvalue weighted by Gasteiger charge is -2.24. The molecule has 1 heterocycles. The van der Waals surface area contributed by atoms with Crippen molar-refractivity contribution >= 4 is 5.91 Å². The molecule has 0 saturated carbocycles. The molecule has 0 radical (unpaired) electrons. The molecule has 1 fully saturated rings. The van der Waals surface area contributed by atoms with Crippen LogP contribution in [0.1, 0.15) is 41.2 Å². The van der Waals surface area contributed by atoms with E-state index in [1.165, 1.54) is 18.4 Å². The molecule has 0 aliphatic carbocycles. The van der Waals surface area contributed by atoms with Crippen molar-refractivity contribution in [2.75, 3.05) is 6.54 Å². The molecular formula is C12H16N2O. The molecule has 3 N–H and O–H groups in total. The predicted molar refractivity (Wildman–Crippen MR) is 59.6 cm³/mol. The van der Waals surface area contributed by atoms with Crippen LogP contribution in [0, 0.1) is 0 Å². The lowest BCUT2D eigenvalue weighted by atomic mass is 9.96. The maximum Gasteiger partial charge on any atom is 0.248 e. The third-order valence-electron chi connectivity index (χ3n) is 2.88. The Morgan fingerprint density at radius 2 is 2.27 bits per heavy atom. The largest absolute Gasteiger partial charge is 0.366 e. The smallest absolute Gasteiger partial charge is 0.248 e. The minimum Gasteiger partial charge on any atom is -0.366 e. The van der Waals surface area contributed by atoms with E-state index in [0.717, 1.165) is 13.0 Å². The van der Waals surface area contributed by atoms with Crippen LogP contribution in [0.4, 0.5) is 0 Å².